The second-order valence-electron chi connectivity index (χ2n) is 9.27. The van der Waals surface area contributed by atoms with E-state index in [9.17, 15) is 4.79 Å². The smallest absolute Gasteiger partial charge is 0.259 e. The standard InChI is InChI=1S/C21H30N4O2/c1-21(2,3)11-17-18-15(20(26)25-9-5-6-14(25)12-22-4)10-16(13-7-8-13)23-19(18)27-24-17/h10,13-14,22H,5-9,11-12H2,1-4H3. The molecule has 6 heteroatoms. The highest BCUT2D eigenvalue weighted by atomic mass is 16.5. The van der Waals surface area contributed by atoms with E-state index in [2.05, 4.69) is 31.2 Å². The minimum absolute atomic E-state index is 0.0571. The highest BCUT2D eigenvalue weighted by Gasteiger charge is 2.34. The number of likely N-dealkylation sites (N-methyl/N-ethyl adjacent to an activating group) is 1. The van der Waals surface area contributed by atoms with E-state index >= 15 is 0 Å². The summed E-state index contributed by atoms with van der Waals surface area (Å²) in [7, 11) is 1.94. The van der Waals surface area contributed by atoms with Crippen LogP contribution < -0.4 is 5.32 Å². The van der Waals surface area contributed by atoms with Crippen LogP contribution in [0.4, 0.5) is 0 Å². The Morgan fingerprint density at radius 2 is 2.11 bits per heavy atom. The lowest BCUT2D eigenvalue weighted by molar-refractivity contribution is 0.0738. The number of hydrogen-bond acceptors (Lipinski definition) is 5. The number of likely N-dealkylation sites (tertiary alicyclic amines) is 1. The van der Waals surface area contributed by atoms with Crippen molar-refractivity contribution in [2.24, 2.45) is 5.41 Å². The maximum absolute atomic E-state index is 13.6. The average molecular weight is 370 g/mol. The number of carbonyl (C=O) groups is 1. The van der Waals surface area contributed by atoms with Crippen molar-refractivity contribution in [3.8, 4) is 0 Å². The molecule has 0 bridgehead atoms. The first-order valence-corrected chi connectivity index (χ1v) is 10.1. The van der Waals surface area contributed by atoms with E-state index < -0.39 is 0 Å². The minimum atomic E-state index is 0.0571. The molecule has 2 aromatic heterocycles. The summed E-state index contributed by atoms with van der Waals surface area (Å²) in [6.45, 7) is 8.15. The van der Waals surface area contributed by atoms with Gasteiger partial charge < -0.3 is 14.7 Å². The Kier molecular flexibility index (Phi) is 4.70. The van der Waals surface area contributed by atoms with E-state index in [1.54, 1.807) is 0 Å². The van der Waals surface area contributed by atoms with Gasteiger partial charge in [0.05, 0.1) is 16.6 Å². The quantitative estimate of drug-likeness (QED) is 0.872. The number of hydrogen-bond donors (Lipinski definition) is 1. The Morgan fingerprint density at radius 1 is 1.33 bits per heavy atom. The number of fused-ring (bicyclic) bond motifs is 1. The Bertz CT molecular complexity index is 848. The van der Waals surface area contributed by atoms with Crippen LogP contribution in [-0.2, 0) is 6.42 Å². The normalized spacial score (nSPS) is 20.6. The lowest BCUT2D eigenvalue weighted by Crippen LogP contribution is -2.41. The second kappa shape index (κ2) is 6.89. The predicted octanol–water partition coefficient (Wildman–Crippen LogP) is 3.51. The number of nitrogens with one attached hydrogen (secondary N) is 1. The molecule has 1 unspecified atom stereocenters. The molecule has 0 aromatic carbocycles. The fraction of sp³-hybridized carbons (Fsp3) is 0.667. The number of aromatic nitrogens is 2. The van der Waals surface area contributed by atoms with Crippen LogP contribution in [0, 0.1) is 5.41 Å². The molecule has 6 nitrogen and oxygen atoms in total. The maximum Gasteiger partial charge on any atom is 0.259 e. The monoisotopic (exact) mass is 370 g/mol. The van der Waals surface area contributed by atoms with Gasteiger partial charge in [0.15, 0.2) is 0 Å². The molecule has 2 aliphatic rings. The molecule has 27 heavy (non-hydrogen) atoms. The van der Waals surface area contributed by atoms with Crippen LogP contribution in [0.5, 0.6) is 0 Å². The molecule has 146 valence electrons. The van der Waals surface area contributed by atoms with Gasteiger partial charge in [0.1, 0.15) is 0 Å². The molecule has 4 rings (SSSR count). The van der Waals surface area contributed by atoms with Crippen molar-refractivity contribution in [2.75, 3.05) is 20.1 Å². The van der Waals surface area contributed by atoms with Crippen molar-refractivity contribution >= 4 is 17.0 Å². The number of carbonyl (C=O) groups excluding carboxylic acids is 1. The molecule has 3 heterocycles. The first-order chi connectivity index (χ1) is 12.9. The zero-order valence-electron chi connectivity index (χ0n) is 16.8. The fourth-order valence-corrected chi connectivity index (χ4v) is 4.12. The van der Waals surface area contributed by atoms with E-state index in [1.165, 1.54) is 0 Å². The van der Waals surface area contributed by atoms with Gasteiger partial charge in [-0.3, -0.25) is 4.79 Å². The van der Waals surface area contributed by atoms with Gasteiger partial charge in [-0.25, -0.2) is 4.98 Å². The molecule has 1 saturated carbocycles. The van der Waals surface area contributed by atoms with Crippen LogP contribution in [0.15, 0.2) is 10.6 Å². The lowest BCUT2D eigenvalue weighted by Gasteiger charge is -2.25. The molecule has 1 amide bonds. The summed E-state index contributed by atoms with van der Waals surface area (Å²) in [6, 6.07) is 2.27. The molecule has 1 aliphatic heterocycles. The molecule has 2 fully saturated rings. The van der Waals surface area contributed by atoms with Gasteiger partial charge in [0.2, 0.25) is 0 Å². The number of amides is 1. The number of nitrogens with zero attached hydrogens (tertiary/aromatic N) is 3. The van der Waals surface area contributed by atoms with Crippen molar-refractivity contribution in [2.45, 2.75) is 64.8 Å². The first kappa shape index (κ1) is 18.4. The number of rotatable bonds is 5. The van der Waals surface area contributed by atoms with Gasteiger partial charge in [-0.15, -0.1) is 0 Å². The summed E-state index contributed by atoms with van der Waals surface area (Å²) in [4.78, 5) is 20.3. The van der Waals surface area contributed by atoms with E-state index in [0.717, 1.165) is 67.5 Å². The lowest BCUT2D eigenvalue weighted by atomic mass is 9.89. The Morgan fingerprint density at radius 3 is 2.78 bits per heavy atom. The third-order valence-electron chi connectivity index (χ3n) is 5.54. The third-order valence-corrected chi connectivity index (χ3v) is 5.54. The molecule has 2 aromatic rings. The summed E-state index contributed by atoms with van der Waals surface area (Å²) >= 11 is 0. The topological polar surface area (TPSA) is 71.3 Å². The molecule has 1 aliphatic carbocycles. The highest BCUT2D eigenvalue weighted by Crippen LogP contribution is 2.41. The molecule has 0 radical (unpaired) electrons. The molecule has 1 N–H and O–H groups in total. The Balaban J connectivity index is 1.79. The van der Waals surface area contributed by atoms with Gasteiger partial charge in [0, 0.05) is 30.7 Å². The minimum Gasteiger partial charge on any atom is -0.336 e. The molecule has 1 saturated heterocycles. The van der Waals surface area contributed by atoms with Crippen molar-refractivity contribution in [3.63, 3.8) is 0 Å². The first-order valence-electron chi connectivity index (χ1n) is 10.1. The van der Waals surface area contributed by atoms with Gasteiger partial charge >= 0.3 is 0 Å². The van der Waals surface area contributed by atoms with Crippen LogP contribution in [0.3, 0.4) is 0 Å². The van der Waals surface area contributed by atoms with Crippen LogP contribution in [0.1, 0.15) is 74.1 Å². The highest BCUT2D eigenvalue weighted by molar-refractivity contribution is 6.06. The Hall–Kier alpha value is -1.95. The van der Waals surface area contributed by atoms with Crippen molar-refractivity contribution < 1.29 is 9.32 Å². The van der Waals surface area contributed by atoms with Gasteiger partial charge in [-0.05, 0) is 50.6 Å². The van der Waals surface area contributed by atoms with Crippen LogP contribution in [0.25, 0.3) is 11.1 Å². The average Bonchev–Trinajstić information content (AvgIpc) is 3.24. The van der Waals surface area contributed by atoms with Crippen LogP contribution in [0.2, 0.25) is 0 Å². The van der Waals surface area contributed by atoms with Gasteiger partial charge in [0.25, 0.3) is 11.6 Å². The zero-order chi connectivity index (χ0) is 19.2. The van der Waals surface area contributed by atoms with E-state index in [1.807, 2.05) is 18.0 Å². The molecule has 1 atom stereocenters. The second-order valence-corrected chi connectivity index (χ2v) is 9.27. The van der Waals surface area contributed by atoms with Crippen molar-refractivity contribution in [1.82, 2.24) is 20.4 Å². The van der Waals surface area contributed by atoms with E-state index in [0.29, 0.717) is 11.6 Å². The van der Waals surface area contributed by atoms with Gasteiger partial charge in [-0.1, -0.05) is 25.9 Å². The summed E-state index contributed by atoms with van der Waals surface area (Å²) in [5, 5.41) is 8.34. The SMILES string of the molecule is CNCC1CCCN1C(=O)c1cc(C2CC2)nc2onc(CC(C)(C)C)c12. The van der Waals surface area contributed by atoms with Crippen molar-refractivity contribution in [3.05, 3.63) is 23.0 Å². The summed E-state index contributed by atoms with van der Waals surface area (Å²) in [5.74, 6) is 0.559. The Labute approximate surface area is 160 Å². The number of pyridine rings is 1. The molecule has 0 spiro atoms. The van der Waals surface area contributed by atoms with E-state index in [-0.39, 0.29) is 17.4 Å². The predicted molar refractivity (Wildman–Crippen MR) is 105 cm³/mol. The van der Waals surface area contributed by atoms with Crippen LogP contribution >= 0.6 is 0 Å². The molecular formula is C21H30N4O2. The summed E-state index contributed by atoms with van der Waals surface area (Å²) in [5.41, 5.74) is 3.13. The van der Waals surface area contributed by atoms with Crippen LogP contribution in [-0.4, -0.2) is 47.1 Å². The van der Waals surface area contributed by atoms with Gasteiger partial charge in [-0.2, -0.15) is 0 Å². The summed E-state index contributed by atoms with van der Waals surface area (Å²) < 4.78 is 5.60. The maximum atomic E-state index is 13.6. The molecular weight excluding hydrogens is 340 g/mol. The largest absolute Gasteiger partial charge is 0.336 e. The third kappa shape index (κ3) is 3.72. The zero-order valence-corrected chi connectivity index (χ0v) is 16.8. The van der Waals surface area contributed by atoms with E-state index in [4.69, 9.17) is 9.51 Å². The summed E-state index contributed by atoms with van der Waals surface area (Å²) in [6.07, 6.45) is 5.14. The van der Waals surface area contributed by atoms with Crippen molar-refractivity contribution in [1.29, 1.82) is 0 Å². The fourth-order valence-electron chi connectivity index (χ4n) is 4.12.